The molecule has 5 nitrogen and oxygen atoms in total. The molecule has 57 heavy (non-hydrogen) atoms. The van der Waals surface area contributed by atoms with Crippen molar-refractivity contribution >= 4 is 45.1 Å². The highest BCUT2D eigenvalue weighted by atomic mass is 32.2. The van der Waals surface area contributed by atoms with E-state index in [-0.39, 0.29) is 0 Å². The van der Waals surface area contributed by atoms with Crippen LogP contribution in [0.5, 0.6) is 0 Å². The number of hydrogen-bond acceptors (Lipinski definition) is 6. The molecule has 6 heteroatoms. The van der Waals surface area contributed by atoms with Crippen molar-refractivity contribution in [2.45, 2.75) is 4.90 Å². The molecule has 0 spiro atoms. The number of anilines is 2. The van der Waals surface area contributed by atoms with Crippen LogP contribution in [-0.4, -0.2) is 15.0 Å². The monoisotopic (exact) mass is 750 g/mol. The fraction of sp³-hybridized carbons (Fsp3) is 0. The van der Waals surface area contributed by atoms with Gasteiger partial charge in [-0.25, -0.2) is 15.0 Å². The molecule has 3 heterocycles. The van der Waals surface area contributed by atoms with E-state index in [0.29, 0.717) is 17.5 Å². The molecule has 0 N–H and O–H groups in total. The Labute approximate surface area is 335 Å². The zero-order valence-electron chi connectivity index (χ0n) is 30.8. The van der Waals surface area contributed by atoms with Crippen LogP contribution in [0.2, 0.25) is 0 Å². The quantitative estimate of drug-likeness (QED) is 0.154. The maximum atomic E-state index is 6.22. The largest absolute Gasteiger partial charge is 0.456 e. The molecule has 1 aliphatic heterocycles. The first kappa shape index (κ1) is 34.2. The van der Waals surface area contributed by atoms with Crippen molar-refractivity contribution < 1.29 is 4.42 Å². The molecule has 0 fully saturated rings. The van der Waals surface area contributed by atoms with Gasteiger partial charge in [-0.3, -0.25) is 0 Å². The SMILES string of the molecule is C=CC1=C(C=C)N(c2ccccc2)c2ccc(-c3cc(-c4ccc5oc6ccccc6c5c4)cc(-c4nc(-c5ccccc5)nc(-c5ccccc5)n4)c3)cc2S1. The summed E-state index contributed by atoms with van der Waals surface area (Å²) in [4.78, 5) is 19.6. The number of aromatic nitrogens is 3. The van der Waals surface area contributed by atoms with E-state index in [1.807, 2.05) is 91.0 Å². The Balaban J connectivity index is 1.18. The minimum absolute atomic E-state index is 0.593. The minimum atomic E-state index is 0.593. The average Bonchev–Trinajstić information content (AvgIpc) is 3.66. The van der Waals surface area contributed by atoms with Crippen LogP contribution >= 0.6 is 11.8 Å². The van der Waals surface area contributed by atoms with Gasteiger partial charge in [-0.1, -0.05) is 140 Å². The summed E-state index contributed by atoms with van der Waals surface area (Å²) in [5, 5.41) is 2.16. The first-order chi connectivity index (χ1) is 28.1. The second-order valence-corrected chi connectivity index (χ2v) is 14.8. The molecular weight excluding hydrogens is 717 g/mol. The fourth-order valence-electron chi connectivity index (χ4n) is 7.50. The van der Waals surface area contributed by atoms with Crippen LogP contribution in [0.1, 0.15) is 0 Å². The zero-order valence-corrected chi connectivity index (χ0v) is 31.7. The van der Waals surface area contributed by atoms with E-state index in [4.69, 9.17) is 19.4 Å². The van der Waals surface area contributed by atoms with Crippen molar-refractivity contribution in [3.05, 3.63) is 206 Å². The van der Waals surface area contributed by atoms with Crippen molar-refractivity contribution in [3.63, 3.8) is 0 Å². The summed E-state index contributed by atoms with van der Waals surface area (Å²) in [6.45, 7) is 8.34. The van der Waals surface area contributed by atoms with E-state index in [9.17, 15) is 0 Å². The lowest BCUT2D eigenvalue weighted by atomic mass is 9.94. The first-order valence-electron chi connectivity index (χ1n) is 18.7. The summed E-state index contributed by atoms with van der Waals surface area (Å²) in [6.07, 6.45) is 3.82. The third kappa shape index (κ3) is 6.32. The van der Waals surface area contributed by atoms with Gasteiger partial charge in [0.2, 0.25) is 0 Å². The lowest BCUT2D eigenvalue weighted by molar-refractivity contribution is 0.669. The molecule has 0 bridgehead atoms. The molecule has 2 aromatic heterocycles. The molecule has 0 radical (unpaired) electrons. The number of furan rings is 1. The Morgan fingerprint density at radius 3 is 1.65 bits per heavy atom. The standard InChI is InChI=1S/C51H34N4OS/c1-3-43-47(4-2)57-48-32-36(24-26-44(48)55(43)40-20-12-7-13-21-40)38-28-37(35-25-27-46-42(31-35)41-22-14-15-23-45(41)56-46)29-39(30-38)51-53-49(33-16-8-5-9-17-33)52-50(54-51)34-18-10-6-11-19-34/h3-32H,1-2H2. The van der Waals surface area contributed by atoms with Gasteiger partial charge in [0.05, 0.1) is 11.4 Å². The van der Waals surface area contributed by atoms with Crippen LogP contribution in [0, 0.1) is 0 Å². The predicted molar refractivity (Wildman–Crippen MR) is 236 cm³/mol. The highest BCUT2D eigenvalue weighted by Gasteiger charge is 2.25. The summed E-state index contributed by atoms with van der Waals surface area (Å²) >= 11 is 1.71. The number of fused-ring (bicyclic) bond motifs is 4. The molecule has 1 aliphatic rings. The normalized spacial score (nSPS) is 12.5. The highest BCUT2D eigenvalue weighted by Crippen LogP contribution is 2.49. The van der Waals surface area contributed by atoms with E-state index < -0.39 is 0 Å². The number of para-hydroxylation sites is 2. The Morgan fingerprint density at radius 2 is 1.00 bits per heavy atom. The number of benzene rings is 7. The molecular formula is C51H34N4OS. The smallest absolute Gasteiger partial charge is 0.164 e. The van der Waals surface area contributed by atoms with Crippen molar-refractivity contribution in [2.75, 3.05) is 4.90 Å². The summed E-state index contributed by atoms with van der Waals surface area (Å²) in [7, 11) is 0. The van der Waals surface area contributed by atoms with Gasteiger partial charge in [-0.2, -0.15) is 0 Å². The number of rotatable bonds is 8. The number of allylic oxidation sites excluding steroid dienone is 2. The van der Waals surface area contributed by atoms with Gasteiger partial charge in [-0.15, -0.1) is 0 Å². The third-order valence-electron chi connectivity index (χ3n) is 10.2. The van der Waals surface area contributed by atoms with Crippen LogP contribution in [0.15, 0.2) is 215 Å². The van der Waals surface area contributed by atoms with Crippen molar-refractivity contribution in [1.29, 1.82) is 0 Å². The molecule has 10 rings (SSSR count). The summed E-state index contributed by atoms with van der Waals surface area (Å²) < 4.78 is 6.22. The van der Waals surface area contributed by atoms with Crippen LogP contribution in [0.3, 0.4) is 0 Å². The van der Waals surface area contributed by atoms with Gasteiger partial charge in [0, 0.05) is 43.0 Å². The van der Waals surface area contributed by atoms with Gasteiger partial charge in [0.25, 0.3) is 0 Å². The Hall–Kier alpha value is -7.28. The lowest BCUT2D eigenvalue weighted by Crippen LogP contribution is -2.19. The molecule has 0 atom stereocenters. The predicted octanol–water partition coefficient (Wildman–Crippen LogP) is 13.9. The molecule has 0 amide bonds. The maximum Gasteiger partial charge on any atom is 0.164 e. The van der Waals surface area contributed by atoms with Crippen LogP contribution in [0.25, 0.3) is 78.4 Å². The Morgan fingerprint density at radius 1 is 0.456 bits per heavy atom. The van der Waals surface area contributed by atoms with Crippen molar-refractivity contribution in [2.24, 2.45) is 0 Å². The van der Waals surface area contributed by atoms with Gasteiger partial charge in [0.1, 0.15) is 11.2 Å². The van der Waals surface area contributed by atoms with Crippen LogP contribution in [-0.2, 0) is 0 Å². The Bertz CT molecular complexity index is 2970. The molecule has 0 unspecified atom stereocenters. The van der Waals surface area contributed by atoms with Crippen molar-refractivity contribution in [1.82, 2.24) is 15.0 Å². The zero-order chi connectivity index (χ0) is 38.3. The van der Waals surface area contributed by atoms with Gasteiger partial charge < -0.3 is 9.32 Å². The molecule has 0 saturated carbocycles. The second-order valence-electron chi connectivity index (χ2n) is 13.8. The van der Waals surface area contributed by atoms with Crippen LogP contribution in [0.4, 0.5) is 11.4 Å². The fourth-order valence-corrected chi connectivity index (χ4v) is 8.55. The van der Waals surface area contributed by atoms with Gasteiger partial charge in [0.15, 0.2) is 17.5 Å². The molecule has 9 aromatic rings. The first-order valence-corrected chi connectivity index (χ1v) is 19.6. The number of nitrogens with zero attached hydrogens (tertiary/aromatic N) is 4. The van der Waals surface area contributed by atoms with E-state index >= 15 is 0 Å². The van der Waals surface area contributed by atoms with E-state index in [2.05, 4.69) is 109 Å². The molecule has 270 valence electrons. The average molecular weight is 751 g/mol. The van der Waals surface area contributed by atoms with Gasteiger partial charge in [-0.05, 0) is 89.0 Å². The maximum absolute atomic E-state index is 6.22. The Kier molecular flexibility index (Phi) is 8.66. The van der Waals surface area contributed by atoms with E-state index in [0.717, 1.165) is 87.8 Å². The molecule has 0 aliphatic carbocycles. The van der Waals surface area contributed by atoms with E-state index in [1.54, 1.807) is 11.8 Å². The summed E-state index contributed by atoms with van der Waals surface area (Å²) in [5.74, 6) is 1.83. The third-order valence-corrected chi connectivity index (χ3v) is 11.4. The summed E-state index contributed by atoms with van der Waals surface area (Å²) in [6, 6.07) is 58.5. The summed E-state index contributed by atoms with van der Waals surface area (Å²) in [5.41, 5.74) is 11.8. The number of thioether (sulfide) groups is 1. The topological polar surface area (TPSA) is 55.1 Å². The van der Waals surface area contributed by atoms with Gasteiger partial charge >= 0.3 is 0 Å². The lowest BCUT2D eigenvalue weighted by Gasteiger charge is -2.33. The highest BCUT2D eigenvalue weighted by molar-refractivity contribution is 8.03. The molecule has 0 saturated heterocycles. The van der Waals surface area contributed by atoms with Crippen LogP contribution < -0.4 is 4.90 Å². The van der Waals surface area contributed by atoms with Crippen molar-refractivity contribution in [3.8, 4) is 56.4 Å². The second kappa shape index (κ2) is 14.4. The van der Waals surface area contributed by atoms with E-state index in [1.165, 1.54) is 0 Å². The number of hydrogen-bond donors (Lipinski definition) is 0. The minimum Gasteiger partial charge on any atom is -0.456 e. The molecule has 7 aromatic carbocycles.